The SMILES string of the molecule is COC(=O)C1C=C(c2ccc(OC(F)F)c(OC(C)C)c2)CN1C(=O)OC(C)(C)C. The summed E-state index contributed by atoms with van der Waals surface area (Å²) in [5.41, 5.74) is 0.466. The molecule has 1 unspecified atom stereocenters. The normalized spacial score (nSPS) is 16.5. The van der Waals surface area contributed by atoms with E-state index in [4.69, 9.17) is 14.2 Å². The fraction of sp³-hybridized carbons (Fsp3) is 0.524. The Hall–Kier alpha value is -2.84. The zero-order valence-electron chi connectivity index (χ0n) is 17.9. The summed E-state index contributed by atoms with van der Waals surface area (Å²) in [6, 6.07) is 3.50. The molecule has 0 saturated carbocycles. The molecule has 1 aliphatic rings. The first-order valence-corrected chi connectivity index (χ1v) is 9.45. The highest BCUT2D eigenvalue weighted by Crippen LogP contribution is 2.35. The van der Waals surface area contributed by atoms with Gasteiger partial charge in [0.15, 0.2) is 17.5 Å². The Balaban J connectivity index is 2.37. The van der Waals surface area contributed by atoms with Gasteiger partial charge in [-0.1, -0.05) is 6.07 Å². The van der Waals surface area contributed by atoms with Crippen LogP contribution >= 0.6 is 0 Å². The van der Waals surface area contributed by atoms with Crippen LogP contribution in [0, 0.1) is 0 Å². The van der Waals surface area contributed by atoms with Gasteiger partial charge in [-0.05, 0) is 64.0 Å². The minimum absolute atomic E-state index is 0.0743. The fourth-order valence-corrected chi connectivity index (χ4v) is 2.86. The molecule has 0 aliphatic carbocycles. The highest BCUT2D eigenvalue weighted by atomic mass is 19.3. The Bertz CT molecular complexity index is 816. The van der Waals surface area contributed by atoms with Gasteiger partial charge in [0.2, 0.25) is 0 Å². The van der Waals surface area contributed by atoms with Gasteiger partial charge in [0.1, 0.15) is 5.60 Å². The Morgan fingerprint density at radius 2 is 1.80 bits per heavy atom. The predicted octanol–water partition coefficient (Wildman–Crippen LogP) is 4.25. The summed E-state index contributed by atoms with van der Waals surface area (Å²) in [7, 11) is 1.23. The minimum atomic E-state index is -3.00. The summed E-state index contributed by atoms with van der Waals surface area (Å²) in [4.78, 5) is 26.1. The Morgan fingerprint density at radius 3 is 2.33 bits per heavy atom. The van der Waals surface area contributed by atoms with Gasteiger partial charge in [-0.3, -0.25) is 4.90 Å². The molecule has 0 radical (unpaired) electrons. The van der Waals surface area contributed by atoms with E-state index in [-0.39, 0.29) is 24.1 Å². The Morgan fingerprint density at radius 1 is 1.13 bits per heavy atom. The van der Waals surface area contributed by atoms with Crippen molar-refractivity contribution in [3.05, 3.63) is 29.8 Å². The molecule has 0 bridgehead atoms. The second-order valence-corrected chi connectivity index (χ2v) is 7.97. The first-order valence-electron chi connectivity index (χ1n) is 9.45. The molecule has 166 valence electrons. The summed E-state index contributed by atoms with van der Waals surface area (Å²) in [6.07, 6.45) is 0.636. The van der Waals surface area contributed by atoms with Crippen molar-refractivity contribution in [3.63, 3.8) is 0 Å². The number of halogens is 2. The maximum Gasteiger partial charge on any atom is 0.411 e. The van der Waals surface area contributed by atoms with Crippen molar-refractivity contribution in [1.82, 2.24) is 4.90 Å². The molecule has 30 heavy (non-hydrogen) atoms. The molecule has 0 saturated heterocycles. The molecule has 1 atom stereocenters. The summed E-state index contributed by atoms with van der Waals surface area (Å²) >= 11 is 0. The van der Waals surface area contributed by atoms with Crippen LogP contribution in [0.3, 0.4) is 0 Å². The molecule has 1 aromatic carbocycles. The van der Waals surface area contributed by atoms with Gasteiger partial charge in [0.05, 0.1) is 19.8 Å². The van der Waals surface area contributed by atoms with E-state index in [0.717, 1.165) is 0 Å². The number of carbonyl (C=O) groups excluding carboxylic acids is 2. The Labute approximate surface area is 174 Å². The predicted molar refractivity (Wildman–Crippen MR) is 106 cm³/mol. The van der Waals surface area contributed by atoms with Gasteiger partial charge in [0, 0.05) is 0 Å². The molecule has 7 nitrogen and oxygen atoms in total. The molecule has 0 fully saturated rings. The van der Waals surface area contributed by atoms with E-state index >= 15 is 0 Å². The highest BCUT2D eigenvalue weighted by Gasteiger charge is 2.37. The van der Waals surface area contributed by atoms with E-state index in [9.17, 15) is 18.4 Å². The van der Waals surface area contributed by atoms with Gasteiger partial charge in [0.25, 0.3) is 0 Å². The third-order valence-electron chi connectivity index (χ3n) is 4.00. The summed E-state index contributed by atoms with van der Waals surface area (Å²) in [5, 5.41) is 0. The molecular formula is C21H27F2NO6. The van der Waals surface area contributed by atoms with E-state index in [0.29, 0.717) is 11.1 Å². The second kappa shape index (κ2) is 9.32. The average molecular weight is 427 g/mol. The Kier molecular flexibility index (Phi) is 7.28. The van der Waals surface area contributed by atoms with Crippen LogP contribution in [0.25, 0.3) is 5.57 Å². The topological polar surface area (TPSA) is 74.3 Å². The number of hydrogen-bond donors (Lipinski definition) is 0. The van der Waals surface area contributed by atoms with Gasteiger partial charge in [-0.25, -0.2) is 9.59 Å². The smallest absolute Gasteiger partial charge is 0.411 e. The number of benzene rings is 1. The molecule has 2 rings (SSSR count). The monoisotopic (exact) mass is 427 g/mol. The standard InChI is InChI=1S/C21H27F2NO6/c1-12(2)28-17-10-13(7-8-16(17)29-19(22)23)14-9-15(18(25)27-6)24(11-14)20(26)30-21(3,4)5/h7-10,12,15,19H,11H2,1-6H3. The zero-order chi connectivity index (χ0) is 22.6. The first-order chi connectivity index (χ1) is 13.9. The molecule has 0 spiro atoms. The lowest BCUT2D eigenvalue weighted by Gasteiger charge is -2.27. The van der Waals surface area contributed by atoms with Crippen molar-refractivity contribution in [2.24, 2.45) is 0 Å². The van der Waals surface area contributed by atoms with Crippen LogP contribution in [0.5, 0.6) is 11.5 Å². The van der Waals surface area contributed by atoms with Gasteiger partial charge >= 0.3 is 18.7 Å². The van der Waals surface area contributed by atoms with Crippen LogP contribution < -0.4 is 9.47 Å². The summed E-state index contributed by atoms with van der Waals surface area (Å²) in [6.45, 7) is 5.75. The van der Waals surface area contributed by atoms with Crippen LogP contribution in [0.15, 0.2) is 24.3 Å². The number of carbonyl (C=O) groups is 2. The number of ether oxygens (including phenoxy) is 4. The summed E-state index contributed by atoms with van der Waals surface area (Å²) < 4.78 is 45.7. The number of hydrogen-bond acceptors (Lipinski definition) is 6. The van der Waals surface area contributed by atoms with E-state index in [1.54, 1.807) is 46.8 Å². The maximum atomic E-state index is 12.7. The number of methoxy groups -OCH3 is 1. The molecule has 0 N–H and O–H groups in total. The van der Waals surface area contributed by atoms with Crippen molar-refractivity contribution in [1.29, 1.82) is 0 Å². The van der Waals surface area contributed by atoms with Crippen LogP contribution in [-0.2, 0) is 14.3 Å². The lowest BCUT2D eigenvalue weighted by atomic mass is 10.1. The zero-order valence-corrected chi connectivity index (χ0v) is 17.9. The summed E-state index contributed by atoms with van der Waals surface area (Å²) in [5.74, 6) is -0.587. The molecule has 1 amide bonds. The van der Waals surface area contributed by atoms with Crippen molar-refractivity contribution in [2.45, 2.75) is 59.0 Å². The van der Waals surface area contributed by atoms with Gasteiger partial charge < -0.3 is 18.9 Å². The van der Waals surface area contributed by atoms with Crippen LogP contribution in [0.2, 0.25) is 0 Å². The molecular weight excluding hydrogens is 400 g/mol. The lowest BCUT2D eigenvalue weighted by Crippen LogP contribution is -2.44. The number of rotatable bonds is 6. The number of alkyl halides is 2. The largest absolute Gasteiger partial charge is 0.487 e. The van der Waals surface area contributed by atoms with E-state index in [2.05, 4.69) is 4.74 Å². The van der Waals surface area contributed by atoms with E-state index in [1.165, 1.54) is 24.1 Å². The van der Waals surface area contributed by atoms with Crippen molar-refractivity contribution >= 4 is 17.6 Å². The first kappa shape index (κ1) is 23.4. The van der Waals surface area contributed by atoms with Crippen LogP contribution in [0.4, 0.5) is 13.6 Å². The number of amides is 1. The second-order valence-electron chi connectivity index (χ2n) is 7.97. The van der Waals surface area contributed by atoms with Gasteiger partial charge in [-0.2, -0.15) is 8.78 Å². The maximum absolute atomic E-state index is 12.7. The number of esters is 1. The van der Waals surface area contributed by atoms with Crippen LogP contribution in [0.1, 0.15) is 40.2 Å². The van der Waals surface area contributed by atoms with Crippen molar-refractivity contribution < 1.29 is 37.3 Å². The third-order valence-corrected chi connectivity index (χ3v) is 4.00. The van der Waals surface area contributed by atoms with E-state index < -0.39 is 30.3 Å². The third kappa shape index (κ3) is 6.08. The average Bonchev–Trinajstić information content (AvgIpc) is 3.06. The molecule has 1 aromatic rings. The quantitative estimate of drug-likeness (QED) is 0.632. The minimum Gasteiger partial charge on any atom is -0.487 e. The van der Waals surface area contributed by atoms with Crippen molar-refractivity contribution in [2.75, 3.05) is 13.7 Å². The molecule has 9 heteroatoms. The van der Waals surface area contributed by atoms with Gasteiger partial charge in [-0.15, -0.1) is 0 Å². The lowest BCUT2D eigenvalue weighted by molar-refractivity contribution is -0.144. The molecule has 1 aliphatic heterocycles. The fourth-order valence-electron chi connectivity index (χ4n) is 2.86. The van der Waals surface area contributed by atoms with E-state index in [1.807, 2.05) is 0 Å². The van der Waals surface area contributed by atoms with Crippen LogP contribution in [-0.4, -0.2) is 55.0 Å². The number of nitrogens with zero attached hydrogens (tertiary/aromatic N) is 1. The van der Waals surface area contributed by atoms with Crippen molar-refractivity contribution in [3.8, 4) is 11.5 Å². The molecule has 0 aromatic heterocycles. The highest BCUT2D eigenvalue weighted by molar-refractivity contribution is 5.90. The molecule has 1 heterocycles.